The summed E-state index contributed by atoms with van der Waals surface area (Å²) >= 11 is 0. The van der Waals surface area contributed by atoms with Crippen LogP contribution in [0.5, 0.6) is 11.5 Å². The van der Waals surface area contributed by atoms with E-state index >= 15 is 0 Å². The highest BCUT2D eigenvalue weighted by atomic mass is 16.5. The molecule has 0 fully saturated rings. The number of nitrogens with one attached hydrogen (secondary N) is 2. The number of esters is 1. The van der Waals surface area contributed by atoms with E-state index in [1.807, 2.05) is 19.2 Å². The number of hydrogen-bond donors (Lipinski definition) is 2. The van der Waals surface area contributed by atoms with Crippen LogP contribution >= 0.6 is 0 Å². The summed E-state index contributed by atoms with van der Waals surface area (Å²) in [5.74, 6) is -0.541. The lowest BCUT2D eigenvalue weighted by molar-refractivity contribution is -0.123. The molecule has 8 nitrogen and oxygen atoms in total. The van der Waals surface area contributed by atoms with E-state index < -0.39 is 24.5 Å². The van der Waals surface area contributed by atoms with Gasteiger partial charge in [-0.3, -0.25) is 10.1 Å². The van der Waals surface area contributed by atoms with Crippen LogP contribution in [-0.2, 0) is 9.53 Å². The second-order valence-corrected chi connectivity index (χ2v) is 4.65. The summed E-state index contributed by atoms with van der Waals surface area (Å²) in [6.45, 7) is 7.56. The largest absolute Gasteiger partial charge is 0.490 e. The van der Waals surface area contributed by atoms with Crippen molar-refractivity contribution in [3.8, 4) is 11.5 Å². The van der Waals surface area contributed by atoms with E-state index in [1.54, 1.807) is 6.07 Å². The first-order chi connectivity index (χ1) is 12.0. The van der Waals surface area contributed by atoms with Gasteiger partial charge in [-0.2, -0.15) is 0 Å². The van der Waals surface area contributed by atoms with Crippen LogP contribution in [-0.4, -0.2) is 44.3 Å². The fourth-order valence-corrected chi connectivity index (χ4v) is 1.76. The van der Waals surface area contributed by atoms with Crippen LogP contribution in [0.25, 0.3) is 0 Å². The molecule has 0 atom stereocenters. The number of hydrogen-bond acceptors (Lipinski definition) is 6. The van der Waals surface area contributed by atoms with Crippen molar-refractivity contribution in [3.05, 3.63) is 36.4 Å². The van der Waals surface area contributed by atoms with Crippen LogP contribution < -0.4 is 20.1 Å². The molecule has 25 heavy (non-hydrogen) atoms. The van der Waals surface area contributed by atoms with E-state index in [1.165, 1.54) is 18.2 Å². The van der Waals surface area contributed by atoms with Crippen molar-refractivity contribution in [2.75, 3.05) is 26.4 Å². The van der Waals surface area contributed by atoms with Crippen molar-refractivity contribution in [1.82, 2.24) is 10.6 Å². The first-order valence-electron chi connectivity index (χ1n) is 7.77. The summed E-state index contributed by atoms with van der Waals surface area (Å²) in [5.41, 5.74) is 0.204. The zero-order chi connectivity index (χ0) is 18.7. The molecule has 0 bridgehead atoms. The number of urea groups is 1. The Morgan fingerprint density at radius 2 is 1.80 bits per heavy atom. The maximum absolute atomic E-state index is 12.0. The Hall–Kier alpha value is -3.03. The van der Waals surface area contributed by atoms with Crippen LogP contribution in [0.2, 0.25) is 0 Å². The first-order valence-corrected chi connectivity index (χ1v) is 7.77. The minimum Gasteiger partial charge on any atom is -0.490 e. The number of benzene rings is 1. The first kappa shape index (κ1) is 20.0. The zero-order valence-electron chi connectivity index (χ0n) is 14.3. The number of amides is 3. The normalized spacial score (nSPS) is 9.68. The lowest BCUT2D eigenvalue weighted by Gasteiger charge is -2.12. The summed E-state index contributed by atoms with van der Waals surface area (Å²) in [5, 5.41) is 4.38. The number of carbonyl (C=O) groups excluding carboxylic acids is 3. The van der Waals surface area contributed by atoms with E-state index in [4.69, 9.17) is 14.2 Å². The van der Waals surface area contributed by atoms with Gasteiger partial charge in [0.2, 0.25) is 0 Å². The lowest BCUT2D eigenvalue weighted by Crippen LogP contribution is -2.41. The van der Waals surface area contributed by atoms with Gasteiger partial charge in [0.05, 0.1) is 18.8 Å². The maximum atomic E-state index is 12.0. The summed E-state index contributed by atoms with van der Waals surface area (Å²) < 4.78 is 15.7. The average Bonchev–Trinajstić information content (AvgIpc) is 2.59. The molecular formula is C17H22N2O6. The van der Waals surface area contributed by atoms with Gasteiger partial charge in [0.1, 0.15) is 0 Å². The highest BCUT2D eigenvalue weighted by Crippen LogP contribution is 2.28. The minimum absolute atomic E-state index is 0.204. The van der Waals surface area contributed by atoms with Crippen molar-refractivity contribution < 1.29 is 28.6 Å². The Morgan fingerprint density at radius 1 is 1.12 bits per heavy atom. The molecule has 3 amide bonds. The molecule has 0 spiro atoms. The van der Waals surface area contributed by atoms with Crippen molar-refractivity contribution in [2.45, 2.75) is 13.8 Å². The zero-order valence-corrected chi connectivity index (χ0v) is 14.3. The van der Waals surface area contributed by atoms with Crippen LogP contribution in [0.1, 0.15) is 24.2 Å². The van der Waals surface area contributed by atoms with E-state index in [0.29, 0.717) is 24.7 Å². The molecule has 8 heteroatoms. The summed E-state index contributed by atoms with van der Waals surface area (Å²) in [6, 6.07) is 3.88. The van der Waals surface area contributed by atoms with Crippen LogP contribution in [0.3, 0.4) is 0 Å². The Morgan fingerprint density at radius 3 is 2.44 bits per heavy atom. The molecule has 2 N–H and O–H groups in total. The Kier molecular flexibility index (Phi) is 8.56. The molecular weight excluding hydrogens is 328 g/mol. The maximum Gasteiger partial charge on any atom is 0.338 e. The molecule has 0 heterocycles. The molecule has 1 aromatic carbocycles. The molecule has 0 unspecified atom stereocenters. The number of rotatable bonds is 9. The standard InChI is InChI=1S/C17H22N2O6/c1-4-9-18-17(22)19-15(20)11-25-16(21)12-7-8-13(23-5-2)14(10-12)24-6-3/h4,7-8,10H,1,5-6,9,11H2,2-3H3,(H2,18,19,20,22). The summed E-state index contributed by atoms with van der Waals surface area (Å²) in [7, 11) is 0. The quantitative estimate of drug-likeness (QED) is 0.518. The smallest absolute Gasteiger partial charge is 0.338 e. The Labute approximate surface area is 146 Å². The van der Waals surface area contributed by atoms with Gasteiger partial charge in [0.25, 0.3) is 5.91 Å². The third kappa shape index (κ3) is 6.94. The predicted molar refractivity (Wildman–Crippen MR) is 90.8 cm³/mol. The molecule has 0 aliphatic carbocycles. The van der Waals surface area contributed by atoms with Crippen molar-refractivity contribution in [3.63, 3.8) is 0 Å². The lowest BCUT2D eigenvalue weighted by atomic mass is 10.2. The average molecular weight is 350 g/mol. The van der Waals surface area contributed by atoms with E-state index in [9.17, 15) is 14.4 Å². The van der Waals surface area contributed by atoms with Crippen molar-refractivity contribution >= 4 is 17.9 Å². The second-order valence-electron chi connectivity index (χ2n) is 4.65. The Balaban J connectivity index is 2.61. The van der Waals surface area contributed by atoms with Gasteiger partial charge >= 0.3 is 12.0 Å². The SMILES string of the molecule is C=CCNC(=O)NC(=O)COC(=O)c1ccc(OCC)c(OCC)c1. The minimum atomic E-state index is -0.745. The molecule has 0 radical (unpaired) electrons. The van der Waals surface area contributed by atoms with Crippen LogP contribution in [0.4, 0.5) is 4.79 Å². The second kappa shape index (κ2) is 10.7. The monoisotopic (exact) mass is 350 g/mol. The highest BCUT2D eigenvalue weighted by Gasteiger charge is 2.15. The predicted octanol–water partition coefficient (Wildman–Crippen LogP) is 1.65. The van der Waals surface area contributed by atoms with Gasteiger partial charge < -0.3 is 19.5 Å². The molecule has 0 saturated carbocycles. The molecule has 0 aromatic heterocycles. The fourth-order valence-electron chi connectivity index (χ4n) is 1.76. The molecule has 0 aliphatic rings. The van der Waals surface area contributed by atoms with Crippen molar-refractivity contribution in [1.29, 1.82) is 0 Å². The molecule has 0 aliphatic heterocycles. The number of carbonyl (C=O) groups is 3. The van der Waals surface area contributed by atoms with Crippen molar-refractivity contribution in [2.24, 2.45) is 0 Å². The number of imide groups is 1. The van der Waals surface area contributed by atoms with Gasteiger partial charge in [-0.1, -0.05) is 6.08 Å². The topological polar surface area (TPSA) is 103 Å². The summed E-state index contributed by atoms with van der Waals surface area (Å²) in [6.07, 6.45) is 1.46. The number of ether oxygens (including phenoxy) is 3. The third-order valence-electron chi connectivity index (χ3n) is 2.77. The highest BCUT2D eigenvalue weighted by molar-refractivity contribution is 5.97. The summed E-state index contributed by atoms with van der Waals surface area (Å²) in [4.78, 5) is 34.8. The van der Waals surface area contributed by atoms with Gasteiger partial charge in [0.15, 0.2) is 18.1 Å². The van der Waals surface area contributed by atoms with E-state index in [-0.39, 0.29) is 12.1 Å². The molecule has 136 valence electrons. The van der Waals surface area contributed by atoms with E-state index in [0.717, 1.165) is 0 Å². The van der Waals surface area contributed by atoms with Crippen LogP contribution in [0, 0.1) is 0 Å². The molecule has 0 saturated heterocycles. The van der Waals surface area contributed by atoms with Gasteiger partial charge in [0, 0.05) is 6.54 Å². The third-order valence-corrected chi connectivity index (χ3v) is 2.77. The van der Waals surface area contributed by atoms with Gasteiger partial charge in [-0.05, 0) is 32.0 Å². The fraction of sp³-hybridized carbons (Fsp3) is 0.353. The Bertz CT molecular complexity index is 630. The molecule has 1 aromatic rings. The van der Waals surface area contributed by atoms with Gasteiger partial charge in [-0.15, -0.1) is 6.58 Å². The van der Waals surface area contributed by atoms with E-state index in [2.05, 4.69) is 11.9 Å². The van der Waals surface area contributed by atoms with Crippen LogP contribution in [0.15, 0.2) is 30.9 Å². The molecule has 1 rings (SSSR count). The van der Waals surface area contributed by atoms with Gasteiger partial charge in [-0.25, -0.2) is 9.59 Å².